The Morgan fingerprint density at radius 2 is 1.71 bits per heavy atom. The first-order valence-corrected chi connectivity index (χ1v) is 11.6. The van der Waals surface area contributed by atoms with Crippen LogP contribution in [0.2, 0.25) is 0 Å². The molecule has 0 heterocycles. The van der Waals surface area contributed by atoms with E-state index in [1.807, 2.05) is 22.6 Å². The van der Waals surface area contributed by atoms with Gasteiger partial charge in [0.05, 0.1) is 10.7 Å². The van der Waals surface area contributed by atoms with E-state index in [2.05, 4.69) is 49.4 Å². The number of hydrogen-bond acceptors (Lipinski definition) is 7. The second kappa shape index (κ2) is 11.3. The Morgan fingerprint density at radius 1 is 1.14 bits per heavy atom. The predicted molar refractivity (Wildman–Crippen MR) is 121 cm³/mol. The molecule has 0 spiro atoms. The molecule has 0 fully saturated rings. The van der Waals surface area contributed by atoms with Crippen LogP contribution in [0.15, 0.2) is 30.3 Å². The van der Waals surface area contributed by atoms with Crippen molar-refractivity contribution in [2.24, 2.45) is 5.73 Å². The van der Waals surface area contributed by atoms with Crippen LogP contribution < -0.4 is 44.2 Å². The first-order valence-electron chi connectivity index (χ1n) is 7.05. The molecule has 13 heteroatoms. The maximum absolute atomic E-state index is 10.9. The van der Waals surface area contributed by atoms with Gasteiger partial charge in [0.2, 0.25) is 0 Å². The van der Waals surface area contributed by atoms with Crippen LogP contribution in [0.5, 0.6) is 17.2 Å². The van der Waals surface area contributed by atoms with Crippen molar-refractivity contribution in [2.75, 3.05) is 0 Å². The SMILES string of the molecule is N[C@@H](Cc1cc(I)c(O[13c]2[13cH][13cH][13c](OS(=O)(=O)[O-])[13c](I)[13cH]2)c(I)c1)C(=O)O.[Na+]. The quantitative estimate of drug-likeness (QED) is 0.176. The van der Waals surface area contributed by atoms with Gasteiger partial charge in [0, 0.05) is 0 Å². The van der Waals surface area contributed by atoms with Crippen LogP contribution >= 0.6 is 67.8 Å². The third-order valence-corrected chi connectivity index (χ3v) is 5.98. The van der Waals surface area contributed by atoms with E-state index in [-0.39, 0.29) is 41.7 Å². The van der Waals surface area contributed by atoms with Crippen LogP contribution in [0.1, 0.15) is 5.56 Å². The van der Waals surface area contributed by atoms with Gasteiger partial charge < -0.3 is 24.3 Å². The molecule has 3 N–H and O–H groups in total. The van der Waals surface area contributed by atoms with Crippen LogP contribution in [-0.2, 0) is 21.6 Å². The molecule has 1 atom stereocenters. The molecular weight excluding hydrogens is 748 g/mol. The molecule has 0 bridgehead atoms. The number of rotatable bonds is 7. The summed E-state index contributed by atoms with van der Waals surface area (Å²) in [6.07, 6.45) is 0.190. The minimum atomic E-state index is -4.86. The van der Waals surface area contributed by atoms with Gasteiger partial charge in [-0.1, -0.05) is 0 Å². The van der Waals surface area contributed by atoms with Gasteiger partial charge >= 0.3 is 35.5 Å². The summed E-state index contributed by atoms with van der Waals surface area (Å²) in [5.41, 5.74) is 6.34. The van der Waals surface area contributed by atoms with Crippen LogP contribution in [0, 0.1) is 10.7 Å². The summed E-state index contributed by atoms with van der Waals surface area (Å²) in [7, 11) is -4.86. The molecule has 2 rings (SSSR count). The summed E-state index contributed by atoms with van der Waals surface area (Å²) in [5, 5.41) is 8.93. The molecule has 0 saturated carbocycles. The molecule has 0 aliphatic heterocycles. The van der Waals surface area contributed by atoms with Gasteiger partial charge in [-0.2, -0.15) is 0 Å². The number of halogens is 3. The minimum absolute atomic E-state index is 0. The Kier molecular flexibility index (Phi) is 10.7. The van der Waals surface area contributed by atoms with E-state index >= 15 is 0 Å². The van der Waals surface area contributed by atoms with Crippen LogP contribution in [-0.4, -0.2) is 30.1 Å². The van der Waals surface area contributed by atoms with Crippen molar-refractivity contribution in [3.63, 3.8) is 0 Å². The van der Waals surface area contributed by atoms with Crippen molar-refractivity contribution in [2.45, 2.75) is 12.5 Å². The van der Waals surface area contributed by atoms with Gasteiger partial charge in [-0.25, -0.2) is 8.42 Å². The van der Waals surface area contributed by atoms with Crippen molar-refractivity contribution in [1.29, 1.82) is 0 Å². The largest absolute Gasteiger partial charge is 1.00 e. The van der Waals surface area contributed by atoms with Gasteiger partial charge in [-0.15, -0.1) is 0 Å². The zero-order chi connectivity index (χ0) is 20.4. The van der Waals surface area contributed by atoms with Crippen LogP contribution in [0.25, 0.3) is 0 Å². The second-order valence-corrected chi connectivity index (χ2v) is 9.69. The Morgan fingerprint density at radius 3 is 2.18 bits per heavy atom. The van der Waals surface area contributed by atoms with Crippen molar-refractivity contribution in [3.05, 3.63) is 46.6 Å². The molecule has 0 saturated heterocycles. The summed E-state index contributed by atoms with van der Waals surface area (Å²) in [6.45, 7) is 0. The Bertz CT molecular complexity index is 965. The molecule has 0 radical (unpaired) electrons. The zero-order valence-electron chi connectivity index (χ0n) is 14.2. The van der Waals surface area contributed by atoms with E-state index in [0.29, 0.717) is 15.1 Å². The maximum Gasteiger partial charge on any atom is 1.00 e. The molecule has 0 unspecified atom stereocenters. The topological polar surface area (TPSA) is 139 Å². The van der Waals surface area contributed by atoms with E-state index in [9.17, 15) is 17.8 Å². The smallest absolute Gasteiger partial charge is 0.716 e. The molecule has 0 aromatic heterocycles. The van der Waals surface area contributed by atoms with E-state index in [1.54, 1.807) is 12.1 Å². The molecule has 0 aliphatic rings. The summed E-state index contributed by atoms with van der Waals surface area (Å²) >= 11 is 5.97. The van der Waals surface area contributed by atoms with E-state index in [1.165, 1.54) is 18.2 Å². The average molecular weight is 759 g/mol. The Hall–Kier alpha value is 0.570. The molecule has 2 aromatic carbocycles. The van der Waals surface area contributed by atoms with Crippen molar-refractivity contribution >= 4 is 84.1 Å². The van der Waals surface area contributed by atoms with E-state index in [0.717, 1.165) is 12.7 Å². The number of nitrogens with two attached hydrogens (primary N) is 1. The van der Waals surface area contributed by atoms with Crippen LogP contribution in [0.4, 0.5) is 0 Å². The Balaban J connectivity index is 0.00000392. The third-order valence-electron chi connectivity index (χ3n) is 3.15. The summed E-state index contributed by atoms with van der Waals surface area (Å²) in [4.78, 5) is 10.9. The van der Waals surface area contributed by atoms with Gasteiger partial charge in [0.1, 0.15) is 11.8 Å². The predicted octanol–water partition coefficient (Wildman–Crippen LogP) is 0.0901. The standard InChI is InChI=1S/C15H12I3NO7S.Na/c16-9-6-8(1-2-13(9)26-27(22,23)24)25-14-10(17)3-7(4-11(14)18)5-12(19)15(20)21;/h1-4,6,12H,5,19H2,(H,20,21)(H,22,23,24);/q;+1/p-1/t12-;/m0./s1/i1+1,2+1,6+1,8+1,9+1,13+1;. The molecule has 8 nitrogen and oxygen atoms in total. The van der Waals surface area contributed by atoms with Gasteiger partial charge in [-0.3, -0.25) is 4.79 Å². The maximum atomic E-state index is 10.9. The fourth-order valence-electron chi connectivity index (χ4n) is 2.01. The first-order chi connectivity index (χ1) is 12.5. The van der Waals surface area contributed by atoms with Crippen molar-refractivity contribution < 1.29 is 61.3 Å². The normalized spacial score (nSPS) is 12.0. The van der Waals surface area contributed by atoms with Gasteiger partial charge in [0.25, 0.3) is 10.4 Å². The Labute approximate surface area is 224 Å². The summed E-state index contributed by atoms with van der Waals surface area (Å²) in [6, 6.07) is 6.91. The van der Waals surface area contributed by atoms with Crippen molar-refractivity contribution in [1.82, 2.24) is 0 Å². The number of hydrogen-bond donors (Lipinski definition) is 2. The molecule has 2 aromatic rings. The summed E-state index contributed by atoms with van der Waals surface area (Å²) in [5.74, 6) is -0.178. The van der Waals surface area contributed by atoms with Gasteiger partial charge in [-0.05, 0) is 110 Å². The number of benzene rings is 2. The van der Waals surface area contributed by atoms with E-state index in [4.69, 9.17) is 15.6 Å². The number of carboxylic acids is 1. The average Bonchev–Trinajstić information content (AvgIpc) is 2.52. The second-order valence-electron chi connectivity index (χ2n) is 5.22. The molecule has 0 aliphatic carbocycles. The first kappa shape index (κ1) is 26.6. The minimum Gasteiger partial charge on any atom is -0.716 e. The number of carbonyl (C=O) groups is 1. The third kappa shape index (κ3) is 8.01. The van der Waals surface area contributed by atoms with E-state index < -0.39 is 22.4 Å². The number of aliphatic carboxylic acids is 1. The van der Waals surface area contributed by atoms with Crippen LogP contribution in [0.3, 0.4) is 0 Å². The fraction of sp³-hybridized carbons (Fsp3) is 0.133. The monoisotopic (exact) mass is 759 g/mol. The van der Waals surface area contributed by atoms with Crippen molar-refractivity contribution in [3.8, 4) is 17.2 Å². The molecule has 28 heavy (non-hydrogen) atoms. The zero-order valence-corrected chi connectivity index (χ0v) is 23.5. The summed E-state index contributed by atoms with van der Waals surface area (Å²) < 4.78 is 44.2. The number of ether oxygens (including phenoxy) is 1. The molecule has 0 amide bonds. The number of carboxylic acid groups (broad SMARTS) is 1. The molecule has 146 valence electrons. The fourth-order valence-corrected chi connectivity index (χ4v) is 5.24. The van der Waals surface area contributed by atoms with Gasteiger partial charge in [0.15, 0.2) is 11.5 Å². The molecular formula is C15H11I3NNaO7S.